The van der Waals surface area contributed by atoms with Crippen molar-refractivity contribution in [1.29, 1.82) is 0 Å². The average molecular weight is 276 g/mol. The predicted molar refractivity (Wildman–Crippen MR) is 79.6 cm³/mol. The van der Waals surface area contributed by atoms with Gasteiger partial charge >= 0.3 is 0 Å². The number of hydrogen-bond donors (Lipinski definition) is 1. The van der Waals surface area contributed by atoms with Crippen LogP contribution in [0.2, 0.25) is 5.02 Å². The first-order valence-electron chi connectivity index (χ1n) is 6.45. The Labute approximate surface area is 119 Å². The van der Waals surface area contributed by atoms with Gasteiger partial charge in [-0.2, -0.15) is 0 Å². The van der Waals surface area contributed by atoms with Gasteiger partial charge in [-0.05, 0) is 31.9 Å². The minimum absolute atomic E-state index is 0.104. The van der Waals surface area contributed by atoms with Crippen LogP contribution in [0.5, 0.6) is 0 Å². The van der Waals surface area contributed by atoms with Crippen LogP contribution in [0.4, 0.5) is 5.82 Å². The predicted octanol–water partition coefficient (Wildman–Crippen LogP) is 4.17. The summed E-state index contributed by atoms with van der Waals surface area (Å²) in [7, 11) is 0. The molecule has 0 bridgehead atoms. The van der Waals surface area contributed by atoms with E-state index in [1.54, 1.807) is 0 Å². The lowest BCUT2D eigenvalue weighted by molar-refractivity contribution is 0.858. The van der Waals surface area contributed by atoms with E-state index in [1.165, 1.54) is 0 Å². The Balaban J connectivity index is 2.21. The molecule has 0 aliphatic rings. The zero-order chi connectivity index (χ0) is 13.8. The summed E-state index contributed by atoms with van der Waals surface area (Å²) in [5, 5.41) is 4.15. The van der Waals surface area contributed by atoms with Crippen molar-refractivity contribution in [3.8, 4) is 0 Å². The van der Waals surface area contributed by atoms with E-state index in [0.29, 0.717) is 0 Å². The summed E-state index contributed by atoms with van der Waals surface area (Å²) < 4.78 is 0. The second-order valence-corrected chi connectivity index (χ2v) is 4.94. The molecule has 0 aliphatic heterocycles. The van der Waals surface area contributed by atoms with E-state index in [-0.39, 0.29) is 6.04 Å². The summed E-state index contributed by atoms with van der Waals surface area (Å²) in [5.74, 6) is 1.63. The number of rotatable bonds is 4. The van der Waals surface area contributed by atoms with Crippen molar-refractivity contribution in [2.75, 3.05) is 5.32 Å². The molecule has 4 heteroatoms. The van der Waals surface area contributed by atoms with Gasteiger partial charge in [-0.1, -0.05) is 36.7 Å². The molecule has 2 rings (SSSR count). The molecule has 3 nitrogen and oxygen atoms in total. The van der Waals surface area contributed by atoms with Crippen molar-refractivity contribution < 1.29 is 0 Å². The van der Waals surface area contributed by atoms with Gasteiger partial charge in [0.2, 0.25) is 0 Å². The van der Waals surface area contributed by atoms with E-state index in [4.69, 9.17) is 11.6 Å². The van der Waals surface area contributed by atoms with Gasteiger partial charge in [0, 0.05) is 16.8 Å². The largest absolute Gasteiger partial charge is 0.363 e. The first-order chi connectivity index (χ1) is 9.10. The second-order valence-electron chi connectivity index (χ2n) is 4.53. The molecular weight excluding hydrogens is 258 g/mol. The third-order valence-electron chi connectivity index (χ3n) is 2.99. The van der Waals surface area contributed by atoms with Crippen molar-refractivity contribution >= 4 is 17.4 Å². The monoisotopic (exact) mass is 275 g/mol. The number of nitrogens with zero attached hydrogens (tertiary/aromatic N) is 2. The van der Waals surface area contributed by atoms with E-state index < -0.39 is 0 Å². The number of hydrogen-bond acceptors (Lipinski definition) is 3. The maximum absolute atomic E-state index is 6.20. The van der Waals surface area contributed by atoms with Gasteiger partial charge < -0.3 is 5.32 Å². The van der Waals surface area contributed by atoms with Crippen molar-refractivity contribution in [2.45, 2.75) is 33.2 Å². The van der Waals surface area contributed by atoms with Gasteiger partial charge in [0.15, 0.2) is 0 Å². The van der Waals surface area contributed by atoms with Crippen molar-refractivity contribution in [3.05, 3.63) is 52.4 Å². The molecule has 0 aliphatic carbocycles. The van der Waals surface area contributed by atoms with E-state index in [2.05, 4.69) is 29.1 Å². The van der Waals surface area contributed by atoms with Crippen LogP contribution in [-0.2, 0) is 6.42 Å². The highest BCUT2D eigenvalue weighted by molar-refractivity contribution is 6.31. The van der Waals surface area contributed by atoms with E-state index in [0.717, 1.165) is 34.3 Å². The maximum atomic E-state index is 6.20. The topological polar surface area (TPSA) is 37.8 Å². The first kappa shape index (κ1) is 13.8. The van der Waals surface area contributed by atoms with Crippen LogP contribution in [0.15, 0.2) is 30.3 Å². The molecule has 0 saturated heterocycles. The minimum atomic E-state index is 0.104. The zero-order valence-corrected chi connectivity index (χ0v) is 12.2. The zero-order valence-electron chi connectivity index (χ0n) is 11.4. The third-order valence-corrected chi connectivity index (χ3v) is 3.33. The van der Waals surface area contributed by atoms with Crippen LogP contribution >= 0.6 is 11.6 Å². The van der Waals surface area contributed by atoms with Crippen LogP contribution < -0.4 is 5.32 Å². The van der Waals surface area contributed by atoms with Crippen molar-refractivity contribution in [3.63, 3.8) is 0 Å². The van der Waals surface area contributed by atoms with Gasteiger partial charge in [0.25, 0.3) is 0 Å². The Morgan fingerprint density at radius 2 is 2.00 bits per heavy atom. The number of halogens is 1. The fraction of sp³-hybridized carbons (Fsp3) is 0.333. The highest BCUT2D eigenvalue weighted by Gasteiger charge is 2.10. The molecule has 0 radical (unpaired) electrons. The van der Waals surface area contributed by atoms with Gasteiger partial charge in [-0.3, -0.25) is 0 Å². The normalized spacial score (nSPS) is 12.2. The molecule has 0 saturated carbocycles. The van der Waals surface area contributed by atoms with Gasteiger partial charge in [-0.15, -0.1) is 0 Å². The lowest BCUT2D eigenvalue weighted by atomic mass is 10.1. The van der Waals surface area contributed by atoms with Crippen LogP contribution in [-0.4, -0.2) is 9.97 Å². The molecule has 1 unspecified atom stereocenters. The van der Waals surface area contributed by atoms with Gasteiger partial charge in [0.1, 0.15) is 11.6 Å². The Bertz CT molecular complexity index is 569. The highest BCUT2D eigenvalue weighted by atomic mass is 35.5. The SMILES string of the molecule is CCc1cc(NC(C)c2ccccc2Cl)nc(C)n1. The summed E-state index contributed by atoms with van der Waals surface area (Å²) in [4.78, 5) is 8.78. The number of aromatic nitrogens is 2. The molecule has 0 fully saturated rings. The van der Waals surface area contributed by atoms with E-state index >= 15 is 0 Å². The molecule has 1 aromatic carbocycles. The van der Waals surface area contributed by atoms with Gasteiger partial charge in [0.05, 0.1) is 6.04 Å². The number of nitrogens with one attached hydrogen (secondary N) is 1. The number of anilines is 1. The Morgan fingerprint density at radius 1 is 1.26 bits per heavy atom. The summed E-state index contributed by atoms with van der Waals surface area (Å²) in [5.41, 5.74) is 2.11. The smallest absolute Gasteiger partial charge is 0.130 e. The molecule has 100 valence electrons. The second kappa shape index (κ2) is 6.02. The lowest BCUT2D eigenvalue weighted by Gasteiger charge is -2.17. The molecular formula is C15H18ClN3. The number of aryl methyl sites for hydroxylation is 2. The fourth-order valence-corrected chi connectivity index (χ4v) is 2.31. The molecule has 1 aromatic heterocycles. The molecule has 1 heterocycles. The molecule has 0 spiro atoms. The third kappa shape index (κ3) is 3.44. The van der Waals surface area contributed by atoms with Crippen LogP contribution in [0, 0.1) is 6.92 Å². The van der Waals surface area contributed by atoms with Gasteiger partial charge in [-0.25, -0.2) is 9.97 Å². The average Bonchev–Trinajstić information content (AvgIpc) is 2.38. The Kier molecular flexibility index (Phi) is 4.38. The molecule has 2 aromatic rings. The molecule has 19 heavy (non-hydrogen) atoms. The summed E-state index contributed by atoms with van der Waals surface area (Å²) in [6.45, 7) is 6.07. The van der Waals surface area contributed by atoms with Crippen LogP contribution in [0.25, 0.3) is 0 Å². The van der Waals surface area contributed by atoms with Crippen LogP contribution in [0.1, 0.15) is 37.0 Å². The van der Waals surface area contributed by atoms with Crippen LogP contribution in [0.3, 0.4) is 0 Å². The summed E-state index contributed by atoms with van der Waals surface area (Å²) in [6.07, 6.45) is 0.901. The molecule has 1 N–H and O–H groups in total. The fourth-order valence-electron chi connectivity index (χ4n) is 2.01. The Hall–Kier alpha value is -1.61. The van der Waals surface area contributed by atoms with Crippen molar-refractivity contribution in [2.24, 2.45) is 0 Å². The van der Waals surface area contributed by atoms with E-state index in [9.17, 15) is 0 Å². The Morgan fingerprint density at radius 3 is 2.68 bits per heavy atom. The number of benzene rings is 1. The van der Waals surface area contributed by atoms with Crippen molar-refractivity contribution in [1.82, 2.24) is 9.97 Å². The van der Waals surface area contributed by atoms with E-state index in [1.807, 2.05) is 37.3 Å². The molecule has 0 amide bonds. The lowest BCUT2D eigenvalue weighted by Crippen LogP contribution is -2.10. The molecule has 1 atom stereocenters. The highest BCUT2D eigenvalue weighted by Crippen LogP contribution is 2.25. The standard InChI is InChI=1S/C15H18ClN3/c1-4-12-9-15(19-11(3)18-12)17-10(2)13-7-5-6-8-14(13)16/h5-10H,4H2,1-3H3,(H,17,18,19). The first-order valence-corrected chi connectivity index (χ1v) is 6.83. The maximum Gasteiger partial charge on any atom is 0.130 e. The minimum Gasteiger partial charge on any atom is -0.363 e. The summed E-state index contributed by atoms with van der Waals surface area (Å²) >= 11 is 6.20. The summed E-state index contributed by atoms with van der Waals surface area (Å²) in [6, 6.07) is 9.94. The quantitative estimate of drug-likeness (QED) is 0.910.